The molecule has 8 N–H and O–H groups in total. The van der Waals surface area contributed by atoms with Crippen LogP contribution >= 0.6 is 56.3 Å². The molecule has 0 amide bonds. The molecule has 0 fully saturated rings. The molecule has 0 saturated heterocycles. The largest absolute Gasteiger partial charge is 0.496 e. The Kier molecular flexibility index (Phi) is 14.7. The molecule has 0 saturated carbocycles. The van der Waals surface area contributed by atoms with E-state index < -0.39 is 24.9 Å². The van der Waals surface area contributed by atoms with Crippen LogP contribution in [-0.2, 0) is 13.1 Å². The fraction of sp³-hybridized carbons (Fsp3) is 0.333. The van der Waals surface area contributed by atoms with Crippen LogP contribution in [0.15, 0.2) is 55.5 Å². The molecule has 2 aromatic carbocycles. The molecule has 2 aromatic rings. The van der Waals surface area contributed by atoms with Gasteiger partial charge in [-0.1, -0.05) is 12.1 Å². The Morgan fingerprint density at radius 2 is 1.40 bits per heavy atom. The second-order valence-corrected chi connectivity index (χ2v) is 10.5. The van der Waals surface area contributed by atoms with Crippen LogP contribution < -0.4 is 31.0 Å². The first-order valence-electron chi connectivity index (χ1n) is 11.6. The Morgan fingerprint density at radius 3 is 1.85 bits per heavy atom. The predicted molar refractivity (Wildman–Crippen MR) is 168 cm³/mol. The summed E-state index contributed by atoms with van der Waals surface area (Å²) in [6.07, 6.45) is -4.01. The number of methoxy groups -OCH3 is 2. The number of thiocarbonyl (C=S) groups is 2. The van der Waals surface area contributed by atoms with Gasteiger partial charge in [0, 0.05) is 13.1 Å². The zero-order valence-corrected chi connectivity index (χ0v) is 26.3. The standard InChI is InChI=1S/C24H30Br2N6O6S2/c1-37-19-5-3-13(7-15(19)25)9-27-23(39)31-29-11-17(21(35)22(36)18(34)12-33)30-32-24(40)28-10-14-4-6-20(38-2)16(26)8-14/h3-8,11,18,21-22,33-36H,9-10,12H2,1-2H3,(H2,27,31,39)(H2,28,32,40)/b29-11+,30-17-/t18-,21-,22-/m1/s1. The summed E-state index contributed by atoms with van der Waals surface area (Å²) in [5.74, 6) is 1.39. The first-order valence-corrected chi connectivity index (χ1v) is 14.0. The topological polar surface area (TPSA) is 172 Å². The number of hydrogen-bond donors (Lipinski definition) is 8. The number of hydrogen-bond acceptors (Lipinski definition) is 10. The molecule has 2 rings (SSSR count). The Bertz CT molecular complexity index is 1220. The van der Waals surface area contributed by atoms with Gasteiger partial charge in [-0.15, -0.1) is 0 Å². The Labute approximate surface area is 259 Å². The van der Waals surface area contributed by atoms with Crippen molar-refractivity contribution in [3.8, 4) is 11.5 Å². The molecule has 0 spiro atoms. The van der Waals surface area contributed by atoms with E-state index in [1.807, 2.05) is 30.3 Å². The van der Waals surface area contributed by atoms with Crippen LogP contribution in [0.4, 0.5) is 0 Å². The van der Waals surface area contributed by atoms with Gasteiger partial charge in [0.05, 0.1) is 36.0 Å². The van der Waals surface area contributed by atoms with E-state index in [0.29, 0.717) is 24.6 Å². The van der Waals surface area contributed by atoms with Crippen molar-refractivity contribution in [2.75, 3.05) is 20.8 Å². The van der Waals surface area contributed by atoms with Gasteiger partial charge in [-0.2, -0.15) is 10.2 Å². The van der Waals surface area contributed by atoms with Gasteiger partial charge in [0.2, 0.25) is 0 Å². The van der Waals surface area contributed by atoms with Crippen LogP contribution in [0.3, 0.4) is 0 Å². The number of nitrogens with zero attached hydrogens (tertiary/aromatic N) is 2. The fourth-order valence-electron chi connectivity index (χ4n) is 3.02. The van der Waals surface area contributed by atoms with Gasteiger partial charge in [-0.25, -0.2) is 0 Å². The minimum Gasteiger partial charge on any atom is -0.496 e. The monoisotopic (exact) mass is 720 g/mol. The number of nitrogens with one attached hydrogen (secondary N) is 4. The summed E-state index contributed by atoms with van der Waals surface area (Å²) in [5.41, 5.74) is 6.76. The van der Waals surface area contributed by atoms with E-state index in [0.717, 1.165) is 26.3 Å². The lowest BCUT2D eigenvalue weighted by Gasteiger charge is -2.21. The third-order valence-electron chi connectivity index (χ3n) is 5.20. The predicted octanol–water partition coefficient (Wildman–Crippen LogP) is 1.27. The van der Waals surface area contributed by atoms with Crippen LogP contribution in [0.2, 0.25) is 0 Å². The van der Waals surface area contributed by atoms with Gasteiger partial charge in [-0.3, -0.25) is 10.9 Å². The van der Waals surface area contributed by atoms with Crippen molar-refractivity contribution in [1.82, 2.24) is 21.5 Å². The summed E-state index contributed by atoms with van der Waals surface area (Å²) in [6.45, 7) is -0.0313. The van der Waals surface area contributed by atoms with E-state index in [1.165, 1.54) is 0 Å². The average molecular weight is 722 g/mol. The van der Waals surface area contributed by atoms with Crippen molar-refractivity contribution in [1.29, 1.82) is 0 Å². The normalized spacial score (nSPS) is 13.8. The molecule has 0 aliphatic carbocycles. The number of rotatable bonds is 13. The lowest BCUT2D eigenvalue weighted by molar-refractivity contribution is -0.0549. The fourth-order valence-corrected chi connectivity index (χ4v) is 4.44. The molecule has 0 aliphatic heterocycles. The summed E-state index contributed by atoms with van der Waals surface area (Å²) in [4.78, 5) is 0. The zero-order chi connectivity index (χ0) is 29.7. The molecule has 0 heterocycles. The maximum atomic E-state index is 10.5. The van der Waals surface area contributed by atoms with Crippen LogP contribution in [0, 0.1) is 0 Å². The Hall–Kier alpha value is -2.44. The highest BCUT2D eigenvalue weighted by atomic mass is 79.9. The van der Waals surface area contributed by atoms with Crippen molar-refractivity contribution >= 4 is 78.4 Å². The maximum Gasteiger partial charge on any atom is 0.187 e. The minimum absolute atomic E-state index is 0.109. The van der Waals surface area contributed by atoms with E-state index in [2.05, 4.69) is 63.5 Å². The second-order valence-electron chi connectivity index (χ2n) is 8.01. The second kappa shape index (κ2) is 17.4. The number of aliphatic hydroxyl groups excluding tert-OH is 4. The molecule has 0 aliphatic rings. The first kappa shape index (κ1) is 33.8. The molecule has 16 heteroatoms. The van der Waals surface area contributed by atoms with Crippen molar-refractivity contribution in [2.24, 2.45) is 10.2 Å². The summed E-state index contributed by atoms with van der Waals surface area (Å²) in [7, 11) is 3.15. The van der Waals surface area contributed by atoms with Gasteiger partial charge >= 0.3 is 0 Å². The number of aliphatic hydroxyl groups is 4. The smallest absolute Gasteiger partial charge is 0.187 e. The summed E-state index contributed by atoms with van der Waals surface area (Å²) in [5, 5.41) is 53.7. The number of ether oxygens (including phenoxy) is 2. The molecule has 0 aromatic heterocycles. The molecule has 0 bridgehead atoms. The lowest BCUT2D eigenvalue weighted by atomic mass is 10.0. The number of halogens is 2. The summed E-state index contributed by atoms with van der Waals surface area (Å²) >= 11 is 17.3. The summed E-state index contributed by atoms with van der Waals surface area (Å²) < 4.78 is 12.0. The highest BCUT2D eigenvalue weighted by molar-refractivity contribution is 9.10. The maximum absolute atomic E-state index is 10.5. The van der Waals surface area contributed by atoms with Crippen molar-refractivity contribution < 1.29 is 29.9 Å². The van der Waals surface area contributed by atoms with Crippen LogP contribution in [0.1, 0.15) is 11.1 Å². The van der Waals surface area contributed by atoms with Crippen LogP contribution in [-0.4, -0.2) is 81.7 Å². The van der Waals surface area contributed by atoms with Gasteiger partial charge in [-0.05, 0) is 91.7 Å². The highest BCUT2D eigenvalue weighted by Crippen LogP contribution is 2.26. The van der Waals surface area contributed by atoms with Gasteiger partial charge in [0.1, 0.15) is 35.5 Å². The van der Waals surface area contributed by atoms with E-state index in [1.54, 1.807) is 20.3 Å². The van der Waals surface area contributed by atoms with Crippen molar-refractivity contribution in [3.05, 3.63) is 56.5 Å². The van der Waals surface area contributed by atoms with Gasteiger partial charge < -0.3 is 40.5 Å². The van der Waals surface area contributed by atoms with Crippen LogP contribution in [0.5, 0.6) is 11.5 Å². The van der Waals surface area contributed by atoms with E-state index in [4.69, 9.17) is 39.0 Å². The Morgan fingerprint density at radius 1 is 0.900 bits per heavy atom. The molecule has 40 heavy (non-hydrogen) atoms. The third-order valence-corrected chi connectivity index (χ3v) is 6.91. The van der Waals surface area contributed by atoms with E-state index >= 15 is 0 Å². The van der Waals surface area contributed by atoms with Crippen LogP contribution in [0.25, 0.3) is 0 Å². The number of hydrazone groups is 2. The highest BCUT2D eigenvalue weighted by Gasteiger charge is 2.28. The molecular formula is C24H30Br2N6O6S2. The third kappa shape index (κ3) is 10.9. The zero-order valence-electron chi connectivity index (χ0n) is 21.5. The van der Waals surface area contributed by atoms with Crippen molar-refractivity contribution in [3.63, 3.8) is 0 Å². The molecule has 218 valence electrons. The quantitative estimate of drug-likeness (QED) is 0.0848. The van der Waals surface area contributed by atoms with Gasteiger partial charge in [0.25, 0.3) is 0 Å². The molecule has 0 radical (unpaired) electrons. The SMILES string of the molecule is COc1ccc(CNC(=S)N/N=C(/C=N/NC(=S)NCc2ccc(OC)c(Br)c2)[C@@H](O)[C@H](O)[C@H](O)CO)cc1Br. The average Bonchev–Trinajstić information content (AvgIpc) is 2.95. The number of benzene rings is 2. The van der Waals surface area contributed by atoms with Gasteiger partial charge in [0.15, 0.2) is 10.2 Å². The molecular weight excluding hydrogens is 692 g/mol. The van der Waals surface area contributed by atoms with E-state index in [9.17, 15) is 15.3 Å². The first-order chi connectivity index (χ1) is 19.1. The van der Waals surface area contributed by atoms with Crippen molar-refractivity contribution in [2.45, 2.75) is 31.4 Å². The summed E-state index contributed by atoms with van der Waals surface area (Å²) in [6, 6.07) is 11.1. The Balaban J connectivity index is 2.00. The minimum atomic E-state index is -1.76. The molecule has 3 atom stereocenters. The van der Waals surface area contributed by atoms with E-state index in [-0.39, 0.29) is 15.9 Å². The molecule has 0 unspecified atom stereocenters. The lowest BCUT2D eigenvalue weighted by Crippen LogP contribution is -2.45. The molecule has 12 nitrogen and oxygen atoms in total.